The molecule has 3 rings (SSSR count). The Morgan fingerprint density at radius 1 is 1.28 bits per heavy atom. The number of rotatable bonds is 8. The summed E-state index contributed by atoms with van der Waals surface area (Å²) < 4.78 is 1.74. The van der Waals surface area contributed by atoms with Gasteiger partial charge in [-0.3, -0.25) is 14.4 Å². The van der Waals surface area contributed by atoms with E-state index >= 15 is 0 Å². The molecule has 134 valence electrons. The van der Waals surface area contributed by atoms with E-state index in [0.717, 1.165) is 30.1 Å². The molecule has 1 amide bonds. The number of amides is 1. The van der Waals surface area contributed by atoms with Crippen LogP contribution in [0.3, 0.4) is 0 Å². The van der Waals surface area contributed by atoms with Crippen LogP contribution in [0.4, 0.5) is 0 Å². The number of aryl methyl sites for hydroxylation is 1. The molecule has 1 aromatic heterocycles. The average Bonchev–Trinajstić information content (AvgIpc) is 3.30. The van der Waals surface area contributed by atoms with E-state index < -0.39 is 0 Å². The molecular weight excluding hydrogens is 338 g/mol. The number of benzene rings is 1. The molecule has 6 nitrogen and oxygen atoms in total. The summed E-state index contributed by atoms with van der Waals surface area (Å²) in [6.45, 7) is 3.40. The van der Waals surface area contributed by atoms with E-state index in [2.05, 4.69) is 26.4 Å². The van der Waals surface area contributed by atoms with Crippen molar-refractivity contribution in [2.45, 2.75) is 38.3 Å². The minimum Gasteiger partial charge on any atom is -0.354 e. The monoisotopic (exact) mass is 361 g/mol. The average molecular weight is 362 g/mol. The van der Waals surface area contributed by atoms with Crippen LogP contribution in [-0.4, -0.2) is 45.2 Å². The summed E-state index contributed by atoms with van der Waals surface area (Å²) in [5, 5.41) is 7.89. The van der Waals surface area contributed by atoms with Crippen molar-refractivity contribution in [3.8, 4) is 0 Å². The first-order chi connectivity index (χ1) is 12.2. The smallest absolute Gasteiger partial charge is 0.220 e. The Bertz CT molecular complexity index is 670. The van der Waals surface area contributed by atoms with E-state index in [1.54, 1.807) is 11.0 Å². The number of hydrogen-bond acceptors (Lipinski definition) is 4. The molecule has 1 aromatic carbocycles. The van der Waals surface area contributed by atoms with Gasteiger partial charge in [-0.1, -0.05) is 29.8 Å². The minimum atomic E-state index is 0.0661. The summed E-state index contributed by atoms with van der Waals surface area (Å²) >= 11 is 6.40. The number of aromatic nitrogens is 3. The van der Waals surface area contributed by atoms with Crippen molar-refractivity contribution < 1.29 is 4.79 Å². The molecule has 7 heteroatoms. The van der Waals surface area contributed by atoms with Crippen molar-refractivity contribution in [2.75, 3.05) is 19.6 Å². The SMILES string of the molecule is O=C(CCCn1cncn1)NC[C@H](c1ccccc1Cl)N1CCCC1. The standard InChI is InChI=1S/C18H24ClN5O/c19-16-7-2-1-6-15(16)17(23-9-3-4-10-23)12-21-18(25)8-5-11-24-14-20-13-22-24/h1-2,6-7,13-14,17H,3-5,8-12H2,(H,21,25)/t17-/m1/s1. The highest BCUT2D eigenvalue weighted by Crippen LogP contribution is 2.29. The molecule has 2 aromatic rings. The summed E-state index contributed by atoms with van der Waals surface area (Å²) in [6, 6.07) is 8.05. The Kier molecular flexibility index (Phi) is 6.42. The lowest BCUT2D eigenvalue weighted by atomic mass is 10.1. The fourth-order valence-electron chi connectivity index (χ4n) is 3.28. The third-order valence-electron chi connectivity index (χ3n) is 4.60. The molecule has 0 radical (unpaired) electrons. The number of carbonyl (C=O) groups excluding carboxylic acids is 1. The molecule has 0 saturated carbocycles. The molecule has 1 saturated heterocycles. The first kappa shape index (κ1) is 17.9. The highest BCUT2D eigenvalue weighted by Gasteiger charge is 2.25. The van der Waals surface area contributed by atoms with Crippen molar-refractivity contribution in [2.24, 2.45) is 0 Å². The molecule has 0 unspecified atom stereocenters. The Hall–Kier alpha value is -1.92. The second-order valence-electron chi connectivity index (χ2n) is 6.35. The molecule has 1 aliphatic rings. The number of halogens is 1. The van der Waals surface area contributed by atoms with Crippen molar-refractivity contribution in [3.63, 3.8) is 0 Å². The molecule has 0 bridgehead atoms. The fourth-order valence-corrected chi connectivity index (χ4v) is 3.54. The lowest BCUT2D eigenvalue weighted by Crippen LogP contribution is -2.37. The molecule has 2 heterocycles. The van der Waals surface area contributed by atoms with Crippen LogP contribution in [0.15, 0.2) is 36.9 Å². The van der Waals surface area contributed by atoms with Crippen LogP contribution in [0.2, 0.25) is 5.02 Å². The molecule has 1 aliphatic heterocycles. The van der Waals surface area contributed by atoms with Crippen LogP contribution in [0.5, 0.6) is 0 Å². The van der Waals surface area contributed by atoms with E-state index in [0.29, 0.717) is 19.5 Å². The maximum absolute atomic E-state index is 12.2. The zero-order valence-electron chi connectivity index (χ0n) is 14.3. The lowest BCUT2D eigenvalue weighted by Gasteiger charge is -2.29. The molecule has 0 spiro atoms. The zero-order valence-corrected chi connectivity index (χ0v) is 15.0. The maximum atomic E-state index is 12.2. The van der Waals surface area contributed by atoms with Crippen LogP contribution in [0, 0.1) is 0 Å². The third-order valence-corrected chi connectivity index (χ3v) is 4.94. The third kappa shape index (κ3) is 5.03. The summed E-state index contributed by atoms with van der Waals surface area (Å²) in [4.78, 5) is 18.5. The zero-order chi connectivity index (χ0) is 17.5. The highest BCUT2D eigenvalue weighted by molar-refractivity contribution is 6.31. The molecule has 1 N–H and O–H groups in total. The summed E-state index contributed by atoms with van der Waals surface area (Å²) in [5.74, 6) is 0.0661. The molecule has 1 fully saturated rings. The first-order valence-electron chi connectivity index (χ1n) is 8.81. The van der Waals surface area contributed by atoms with Gasteiger partial charge in [0.15, 0.2) is 0 Å². The second kappa shape index (κ2) is 8.97. The van der Waals surface area contributed by atoms with Crippen molar-refractivity contribution in [1.29, 1.82) is 0 Å². The van der Waals surface area contributed by atoms with Gasteiger partial charge >= 0.3 is 0 Å². The Morgan fingerprint density at radius 2 is 2.08 bits per heavy atom. The Balaban J connectivity index is 1.53. The number of hydrogen-bond donors (Lipinski definition) is 1. The van der Waals surface area contributed by atoms with Crippen LogP contribution in [-0.2, 0) is 11.3 Å². The van der Waals surface area contributed by atoms with Crippen LogP contribution >= 0.6 is 11.6 Å². The Morgan fingerprint density at radius 3 is 2.80 bits per heavy atom. The van der Waals surface area contributed by atoms with Gasteiger partial charge in [-0.2, -0.15) is 5.10 Å². The topological polar surface area (TPSA) is 63.1 Å². The van der Waals surface area contributed by atoms with Gasteiger partial charge in [0, 0.05) is 24.5 Å². The predicted octanol–water partition coefficient (Wildman–Crippen LogP) is 2.67. The van der Waals surface area contributed by atoms with E-state index in [4.69, 9.17) is 11.6 Å². The normalized spacial score (nSPS) is 16.0. The van der Waals surface area contributed by atoms with Gasteiger partial charge < -0.3 is 5.32 Å². The molecule has 0 aliphatic carbocycles. The quantitative estimate of drug-likeness (QED) is 0.785. The first-order valence-corrected chi connectivity index (χ1v) is 9.19. The number of nitrogens with zero attached hydrogens (tertiary/aromatic N) is 4. The number of nitrogens with one attached hydrogen (secondary N) is 1. The van der Waals surface area contributed by atoms with Gasteiger partial charge in [0.05, 0.1) is 6.04 Å². The van der Waals surface area contributed by atoms with Crippen molar-refractivity contribution in [1.82, 2.24) is 25.0 Å². The summed E-state index contributed by atoms with van der Waals surface area (Å²) in [7, 11) is 0. The van der Waals surface area contributed by atoms with E-state index in [1.165, 1.54) is 19.2 Å². The predicted molar refractivity (Wildman–Crippen MR) is 97.3 cm³/mol. The van der Waals surface area contributed by atoms with Gasteiger partial charge in [0.1, 0.15) is 12.7 Å². The fraction of sp³-hybridized carbons (Fsp3) is 0.500. The second-order valence-corrected chi connectivity index (χ2v) is 6.75. The van der Waals surface area contributed by atoms with Crippen LogP contribution in [0.25, 0.3) is 0 Å². The number of carbonyl (C=O) groups is 1. The largest absolute Gasteiger partial charge is 0.354 e. The van der Waals surface area contributed by atoms with E-state index in [-0.39, 0.29) is 11.9 Å². The molecular formula is C18H24ClN5O. The number of likely N-dealkylation sites (tertiary alicyclic amines) is 1. The van der Waals surface area contributed by atoms with Gasteiger partial charge in [0.2, 0.25) is 5.91 Å². The van der Waals surface area contributed by atoms with E-state index in [9.17, 15) is 4.79 Å². The molecule has 25 heavy (non-hydrogen) atoms. The van der Waals surface area contributed by atoms with Gasteiger partial charge in [-0.25, -0.2) is 4.98 Å². The van der Waals surface area contributed by atoms with Crippen LogP contribution < -0.4 is 5.32 Å². The lowest BCUT2D eigenvalue weighted by molar-refractivity contribution is -0.121. The van der Waals surface area contributed by atoms with E-state index in [1.807, 2.05) is 18.2 Å². The maximum Gasteiger partial charge on any atom is 0.220 e. The molecule has 1 atom stereocenters. The van der Waals surface area contributed by atoms with Crippen LogP contribution in [0.1, 0.15) is 37.3 Å². The highest BCUT2D eigenvalue weighted by atomic mass is 35.5. The van der Waals surface area contributed by atoms with Crippen molar-refractivity contribution >= 4 is 17.5 Å². The summed E-state index contributed by atoms with van der Waals surface area (Å²) in [6.07, 6.45) is 6.80. The van der Waals surface area contributed by atoms with Gasteiger partial charge in [-0.15, -0.1) is 0 Å². The Labute approximate surface area is 153 Å². The van der Waals surface area contributed by atoms with Gasteiger partial charge in [-0.05, 0) is 44.0 Å². The van der Waals surface area contributed by atoms with Gasteiger partial charge in [0.25, 0.3) is 0 Å². The summed E-state index contributed by atoms with van der Waals surface area (Å²) in [5.41, 5.74) is 1.09. The minimum absolute atomic E-state index is 0.0661. The van der Waals surface area contributed by atoms with Crippen molar-refractivity contribution in [3.05, 3.63) is 47.5 Å².